The fourth-order valence-corrected chi connectivity index (χ4v) is 2.07. The van der Waals surface area contributed by atoms with Gasteiger partial charge in [-0.15, -0.1) is 10.2 Å². The number of nitrogens with zero attached hydrogens (tertiary/aromatic N) is 4. The van der Waals surface area contributed by atoms with Crippen molar-refractivity contribution in [1.29, 1.82) is 0 Å². The molecule has 0 radical (unpaired) electrons. The zero-order valence-electron chi connectivity index (χ0n) is 9.85. The van der Waals surface area contributed by atoms with Gasteiger partial charge in [-0.2, -0.15) is 0 Å². The average molecular weight is 330 g/mol. The van der Waals surface area contributed by atoms with Crippen LogP contribution in [0, 0.1) is 20.2 Å². The zero-order valence-corrected chi connectivity index (χ0v) is 11.4. The van der Waals surface area contributed by atoms with Crippen molar-refractivity contribution in [2.45, 2.75) is 0 Å². The molecule has 0 aliphatic heterocycles. The summed E-state index contributed by atoms with van der Waals surface area (Å²) >= 11 is 6.60. The molecule has 0 spiro atoms. The number of hydrogen-bond acceptors (Lipinski definition) is 8. The standard InChI is InChI=1S/C9H4ClN5O5S/c10-7-5(14(17)18)1-4(2-6(7)15(19)20)8(16)12-9-13-11-3-21-9/h1-3H,(H,12,13,16). The van der Waals surface area contributed by atoms with Crippen LogP contribution in [0.15, 0.2) is 17.6 Å². The highest BCUT2D eigenvalue weighted by atomic mass is 35.5. The summed E-state index contributed by atoms with van der Waals surface area (Å²) < 4.78 is 0. The number of carbonyl (C=O) groups is 1. The summed E-state index contributed by atoms with van der Waals surface area (Å²) in [4.78, 5) is 31.8. The smallest absolute Gasteiger partial charge is 0.295 e. The van der Waals surface area contributed by atoms with Crippen LogP contribution in [0.2, 0.25) is 5.02 Å². The van der Waals surface area contributed by atoms with E-state index in [1.165, 1.54) is 5.51 Å². The Morgan fingerprint density at radius 2 is 1.81 bits per heavy atom. The molecule has 0 aliphatic carbocycles. The molecule has 1 N–H and O–H groups in total. The molecule has 0 aliphatic rings. The molecule has 0 saturated carbocycles. The molecule has 0 atom stereocenters. The van der Waals surface area contributed by atoms with Gasteiger partial charge in [0.05, 0.1) is 15.4 Å². The maximum absolute atomic E-state index is 11.9. The highest BCUT2D eigenvalue weighted by Crippen LogP contribution is 2.35. The fourth-order valence-electron chi connectivity index (χ4n) is 1.39. The van der Waals surface area contributed by atoms with E-state index in [2.05, 4.69) is 15.5 Å². The SMILES string of the molecule is O=C(Nc1nncs1)c1cc([N+](=O)[O-])c(Cl)c([N+](=O)[O-])c1. The Morgan fingerprint density at radius 3 is 2.24 bits per heavy atom. The number of rotatable bonds is 4. The molecule has 0 fully saturated rings. The Morgan fingerprint density at radius 1 is 1.24 bits per heavy atom. The predicted molar refractivity (Wildman–Crippen MR) is 72.6 cm³/mol. The second kappa shape index (κ2) is 5.76. The van der Waals surface area contributed by atoms with E-state index in [4.69, 9.17) is 11.6 Å². The predicted octanol–water partition coefficient (Wildman–Crippen LogP) is 2.26. The average Bonchev–Trinajstić information content (AvgIpc) is 2.90. The first-order valence-corrected chi connectivity index (χ1v) is 6.35. The van der Waals surface area contributed by atoms with Gasteiger partial charge < -0.3 is 0 Å². The Kier molecular flexibility index (Phi) is 4.05. The number of anilines is 1. The van der Waals surface area contributed by atoms with Crippen molar-refractivity contribution in [1.82, 2.24) is 10.2 Å². The quantitative estimate of drug-likeness (QED) is 0.669. The lowest BCUT2D eigenvalue weighted by atomic mass is 10.1. The van der Waals surface area contributed by atoms with Crippen molar-refractivity contribution in [2.75, 3.05) is 5.32 Å². The maximum atomic E-state index is 11.9. The van der Waals surface area contributed by atoms with Crippen molar-refractivity contribution in [3.63, 3.8) is 0 Å². The third kappa shape index (κ3) is 3.09. The molecule has 0 bridgehead atoms. The van der Waals surface area contributed by atoms with Crippen LogP contribution in [0.5, 0.6) is 0 Å². The largest absolute Gasteiger partial charge is 0.296 e. The van der Waals surface area contributed by atoms with Crippen molar-refractivity contribution >= 4 is 45.4 Å². The van der Waals surface area contributed by atoms with E-state index in [-0.39, 0.29) is 10.7 Å². The number of nitro benzene ring substituents is 2. The molecular formula is C9H4ClN5O5S. The van der Waals surface area contributed by atoms with Crippen LogP contribution < -0.4 is 5.32 Å². The highest BCUT2D eigenvalue weighted by Gasteiger charge is 2.27. The van der Waals surface area contributed by atoms with Gasteiger partial charge in [0.1, 0.15) is 5.51 Å². The molecule has 108 valence electrons. The number of amides is 1. The minimum absolute atomic E-state index is 0.153. The van der Waals surface area contributed by atoms with Crippen LogP contribution in [-0.4, -0.2) is 26.0 Å². The van der Waals surface area contributed by atoms with E-state index in [9.17, 15) is 25.0 Å². The van der Waals surface area contributed by atoms with Gasteiger partial charge >= 0.3 is 0 Å². The number of halogens is 1. The van der Waals surface area contributed by atoms with E-state index in [0.29, 0.717) is 0 Å². The number of benzene rings is 1. The Hall–Kier alpha value is -2.66. The molecule has 1 heterocycles. The van der Waals surface area contributed by atoms with E-state index in [0.717, 1.165) is 23.5 Å². The Balaban J connectivity index is 2.46. The van der Waals surface area contributed by atoms with Gasteiger partial charge in [-0.25, -0.2) is 0 Å². The molecule has 0 saturated heterocycles. The molecular weight excluding hydrogens is 326 g/mol. The van der Waals surface area contributed by atoms with Crippen molar-refractivity contribution in [3.8, 4) is 0 Å². The van der Waals surface area contributed by atoms with E-state index >= 15 is 0 Å². The molecule has 2 aromatic rings. The molecule has 1 amide bonds. The van der Waals surface area contributed by atoms with Crippen LogP contribution in [0.25, 0.3) is 0 Å². The first-order valence-electron chi connectivity index (χ1n) is 5.10. The summed E-state index contributed by atoms with van der Waals surface area (Å²) in [5, 5.41) is 30.5. The van der Waals surface area contributed by atoms with Crippen molar-refractivity contribution in [2.24, 2.45) is 0 Å². The highest BCUT2D eigenvalue weighted by molar-refractivity contribution is 7.13. The number of hydrogen-bond donors (Lipinski definition) is 1. The number of carbonyl (C=O) groups excluding carboxylic acids is 1. The Labute approximate surface area is 124 Å². The number of nitro groups is 2. The van der Waals surface area contributed by atoms with Crippen molar-refractivity contribution < 1.29 is 14.6 Å². The Bertz CT molecular complexity index is 699. The normalized spacial score (nSPS) is 10.1. The van der Waals surface area contributed by atoms with Crippen LogP contribution in [0.1, 0.15) is 10.4 Å². The van der Waals surface area contributed by atoms with Gasteiger partial charge in [0.15, 0.2) is 5.02 Å². The van der Waals surface area contributed by atoms with Crippen LogP contribution in [0.3, 0.4) is 0 Å². The maximum Gasteiger partial charge on any atom is 0.295 e. The lowest BCUT2D eigenvalue weighted by molar-refractivity contribution is -0.393. The minimum Gasteiger partial charge on any atom is -0.296 e. The molecule has 10 nitrogen and oxygen atoms in total. The third-order valence-corrected chi connectivity index (χ3v) is 3.26. The van der Waals surface area contributed by atoms with Gasteiger partial charge in [-0.3, -0.25) is 30.3 Å². The lowest BCUT2D eigenvalue weighted by Crippen LogP contribution is -2.12. The van der Waals surface area contributed by atoms with Crippen LogP contribution in [-0.2, 0) is 0 Å². The van der Waals surface area contributed by atoms with Crippen LogP contribution >= 0.6 is 22.9 Å². The van der Waals surface area contributed by atoms with Gasteiger partial charge in [0, 0.05) is 12.1 Å². The summed E-state index contributed by atoms with van der Waals surface area (Å²) in [7, 11) is 0. The second-order valence-corrected chi connectivity index (χ2v) is 4.75. The first kappa shape index (κ1) is 14.7. The summed E-state index contributed by atoms with van der Waals surface area (Å²) in [5.41, 5.74) is -0.378. The molecule has 0 unspecified atom stereocenters. The van der Waals surface area contributed by atoms with E-state index in [1.807, 2.05) is 0 Å². The lowest BCUT2D eigenvalue weighted by Gasteiger charge is -2.03. The molecule has 1 aromatic heterocycles. The second-order valence-electron chi connectivity index (χ2n) is 3.54. The fraction of sp³-hybridized carbons (Fsp3) is 0. The van der Waals surface area contributed by atoms with Gasteiger partial charge in [0.2, 0.25) is 5.13 Å². The zero-order chi connectivity index (χ0) is 15.6. The topological polar surface area (TPSA) is 141 Å². The monoisotopic (exact) mass is 329 g/mol. The third-order valence-electron chi connectivity index (χ3n) is 2.27. The van der Waals surface area contributed by atoms with Gasteiger partial charge in [-0.1, -0.05) is 22.9 Å². The van der Waals surface area contributed by atoms with Gasteiger partial charge in [-0.05, 0) is 0 Å². The van der Waals surface area contributed by atoms with E-state index in [1.54, 1.807) is 0 Å². The summed E-state index contributed by atoms with van der Waals surface area (Å²) in [6.45, 7) is 0. The summed E-state index contributed by atoms with van der Waals surface area (Å²) in [6.07, 6.45) is 0. The van der Waals surface area contributed by atoms with E-state index < -0.39 is 32.2 Å². The number of nitrogens with one attached hydrogen (secondary N) is 1. The first-order chi connectivity index (χ1) is 9.90. The molecule has 21 heavy (non-hydrogen) atoms. The van der Waals surface area contributed by atoms with Crippen LogP contribution in [0.4, 0.5) is 16.5 Å². The van der Waals surface area contributed by atoms with Gasteiger partial charge in [0.25, 0.3) is 17.3 Å². The summed E-state index contributed by atoms with van der Waals surface area (Å²) in [6, 6.07) is 1.71. The van der Waals surface area contributed by atoms with Crippen molar-refractivity contribution in [3.05, 3.63) is 48.5 Å². The number of aromatic nitrogens is 2. The molecule has 12 heteroatoms. The summed E-state index contributed by atoms with van der Waals surface area (Å²) in [5.74, 6) is -0.797. The molecule has 1 aromatic carbocycles. The molecule has 2 rings (SSSR count). The minimum atomic E-state index is -0.906.